The average Bonchev–Trinajstić information content (AvgIpc) is 2.39. The first kappa shape index (κ1) is 10.8. The second kappa shape index (κ2) is 4.88. The molecular formula is C14H16N2. The van der Waals surface area contributed by atoms with Gasteiger partial charge in [0.05, 0.1) is 11.4 Å². The second-order valence-electron chi connectivity index (χ2n) is 4.03. The maximum atomic E-state index is 8.01. The third-order valence-electron chi connectivity index (χ3n) is 2.82. The van der Waals surface area contributed by atoms with Crippen LogP contribution in [0.2, 0.25) is 0 Å². The predicted molar refractivity (Wildman–Crippen MR) is 68.4 cm³/mol. The highest BCUT2D eigenvalue weighted by Gasteiger charge is 2.13. The van der Waals surface area contributed by atoms with Gasteiger partial charge in [-0.3, -0.25) is 10.8 Å². The van der Waals surface area contributed by atoms with Crippen LogP contribution in [0.15, 0.2) is 47.6 Å². The van der Waals surface area contributed by atoms with E-state index in [1.165, 1.54) is 0 Å². The Balaban J connectivity index is 2.13. The first-order valence-electron chi connectivity index (χ1n) is 5.70. The molecule has 16 heavy (non-hydrogen) atoms. The zero-order chi connectivity index (χ0) is 11.4. The Labute approximate surface area is 96.1 Å². The van der Waals surface area contributed by atoms with Crippen molar-refractivity contribution in [1.29, 1.82) is 10.8 Å². The molecular weight excluding hydrogens is 196 g/mol. The fraction of sp³-hybridized carbons (Fsp3) is 0.286. The monoisotopic (exact) mass is 212 g/mol. The van der Waals surface area contributed by atoms with Gasteiger partial charge in [0.1, 0.15) is 0 Å². The molecule has 2 aliphatic rings. The summed E-state index contributed by atoms with van der Waals surface area (Å²) in [5.74, 6) is 0. The van der Waals surface area contributed by atoms with E-state index in [-0.39, 0.29) is 0 Å². The van der Waals surface area contributed by atoms with Crippen LogP contribution in [0.5, 0.6) is 0 Å². The van der Waals surface area contributed by atoms with Crippen molar-refractivity contribution in [2.24, 2.45) is 0 Å². The molecule has 2 N–H and O–H groups in total. The van der Waals surface area contributed by atoms with E-state index in [0.717, 1.165) is 36.8 Å². The van der Waals surface area contributed by atoms with E-state index >= 15 is 0 Å². The van der Waals surface area contributed by atoms with Gasteiger partial charge in [0, 0.05) is 0 Å². The summed E-state index contributed by atoms with van der Waals surface area (Å²) >= 11 is 0. The maximum Gasteiger partial charge on any atom is 0.0864 e. The molecule has 0 unspecified atom stereocenters. The molecule has 2 rings (SSSR count). The minimum Gasteiger partial charge on any atom is -0.298 e. The molecule has 0 heterocycles. The van der Waals surface area contributed by atoms with Crippen LogP contribution in [-0.2, 0) is 0 Å². The molecule has 0 aromatic rings. The van der Waals surface area contributed by atoms with Crippen molar-refractivity contribution < 1.29 is 0 Å². The van der Waals surface area contributed by atoms with Gasteiger partial charge >= 0.3 is 0 Å². The zero-order valence-electron chi connectivity index (χ0n) is 9.29. The molecule has 0 spiro atoms. The molecule has 2 heteroatoms. The van der Waals surface area contributed by atoms with E-state index < -0.39 is 0 Å². The first-order chi connectivity index (χ1) is 7.79. The van der Waals surface area contributed by atoms with Gasteiger partial charge in [-0.1, -0.05) is 36.5 Å². The summed E-state index contributed by atoms with van der Waals surface area (Å²) in [5, 5.41) is 16.0. The number of hydrogen-bond acceptors (Lipinski definition) is 2. The van der Waals surface area contributed by atoms with E-state index in [1.54, 1.807) is 0 Å². The smallest absolute Gasteiger partial charge is 0.0864 e. The molecule has 0 bridgehead atoms. The SMILES string of the molecule is N=C(C(=N)C1=CCCC=C1)C1=CCCC=C1. The highest BCUT2D eigenvalue weighted by Crippen LogP contribution is 2.16. The molecule has 0 radical (unpaired) electrons. The molecule has 0 atom stereocenters. The zero-order valence-corrected chi connectivity index (χ0v) is 9.29. The third-order valence-corrected chi connectivity index (χ3v) is 2.82. The van der Waals surface area contributed by atoms with Gasteiger partial charge in [0.15, 0.2) is 0 Å². The molecule has 2 nitrogen and oxygen atoms in total. The Hall–Kier alpha value is -1.70. The summed E-state index contributed by atoms with van der Waals surface area (Å²) in [7, 11) is 0. The normalized spacial score (nSPS) is 19.0. The van der Waals surface area contributed by atoms with Crippen LogP contribution in [0, 0.1) is 10.8 Å². The van der Waals surface area contributed by atoms with Gasteiger partial charge in [-0.2, -0.15) is 0 Å². The van der Waals surface area contributed by atoms with Crippen molar-refractivity contribution >= 4 is 11.4 Å². The van der Waals surface area contributed by atoms with Gasteiger partial charge in [-0.15, -0.1) is 0 Å². The Morgan fingerprint density at radius 2 is 1.19 bits per heavy atom. The topological polar surface area (TPSA) is 47.7 Å². The summed E-state index contributed by atoms with van der Waals surface area (Å²) < 4.78 is 0. The second-order valence-corrected chi connectivity index (χ2v) is 4.03. The van der Waals surface area contributed by atoms with Crippen LogP contribution >= 0.6 is 0 Å². The Morgan fingerprint density at radius 3 is 1.50 bits per heavy atom. The van der Waals surface area contributed by atoms with Crippen molar-refractivity contribution in [3.8, 4) is 0 Å². The lowest BCUT2D eigenvalue weighted by Gasteiger charge is -2.12. The number of hydrogen-bond donors (Lipinski definition) is 2. The lowest BCUT2D eigenvalue weighted by atomic mass is 9.93. The largest absolute Gasteiger partial charge is 0.298 e. The van der Waals surface area contributed by atoms with Crippen LogP contribution in [-0.4, -0.2) is 11.4 Å². The van der Waals surface area contributed by atoms with E-state index in [1.807, 2.05) is 24.3 Å². The minimum absolute atomic E-state index is 0.341. The summed E-state index contributed by atoms with van der Waals surface area (Å²) in [6.45, 7) is 0. The van der Waals surface area contributed by atoms with Crippen LogP contribution in [0.3, 0.4) is 0 Å². The van der Waals surface area contributed by atoms with Crippen LogP contribution in [0.4, 0.5) is 0 Å². The number of rotatable bonds is 3. The van der Waals surface area contributed by atoms with E-state index in [2.05, 4.69) is 12.2 Å². The van der Waals surface area contributed by atoms with Crippen molar-refractivity contribution in [2.45, 2.75) is 25.7 Å². The Bertz CT molecular complexity index is 392. The van der Waals surface area contributed by atoms with E-state index in [9.17, 15) is 0 Å². The minimum atomic E-state index is 0.341. The predicted octanol–water partition coefficient (Wildman–Crippen LogP) is 3.58. The Kier molecular flexibility index (Phi) is 3.30. The van der Waals surface area contributed by atoms with Gasteiger partial charge in [0.25, 0.3) is 0 Å². The molecule has 0 saturated heterocycles. The Morgan fingerprint density at radius 1 is 0.750 bits per heavy atom. The fourth-order valence-electron chi connectivity index (χ4n) is 1.89. The summed E-state index contributed by atoms with van der Waals surface area (Å²) in [6, 6.07) is 0. The van der Waals surface area contributed by atoms with Crippen molar-refractivity contribution in [2.75, 3.05) is 0 Å². The standard InChI is InChI=1S/C14H16N2/c15-13(11-7-3-1-4-8-11)14(16)12-9-5-2-6-10-12/h3,5,7-10,15-16H,1-2,4,6H2. The average molecular weight is 212 g/mol. The summed E-state index contributed by atoms with van der Waals surface area (Å²) in [6.07, 6.45) is 16.2. The van der Waals surface area contributed by atoms with Gasteiger partial charge in [-0.05, 0) is 36.8 Å². The molecule has 0 aromatic carbocycles. The summed E-state index contributed by atoms with van der Waals surface area (Å²) in [5.41, 5.74) is 2.45. The molecule has 0 saturated carbocycles. The third kappa shape index (κ3) is 2.27. The molecule has 0 fully saturated rings. The van der Waals surface area contributed by atoms with Gasteiger partial charge in [0.2, 0.25) is 0 Å². The molecule has 0 aliphatic heterocycles. The molecule has 0 amide bonds. The molecule has 82 valence electrons. The van der Waals surface area contributed by atoms with E-state index in [4.69, 9.17) is 10.8 Å². The first-order valence-corrected chi connectivity index (χ1v) is 5.70. The number of nitrogens with one attached hydrogen (secondary N) is 2. The van der Waals surface area contributed by atoms with Crippen LogP contribution in [0.1, 0.15) is 25.7 Å². The quantitative estimate of drug-likeness (QED) is 0.672. The summed E-state index contributed by atoms with van der Waals surface area (Å²) in [4.78, 5) is 0. The number of allylic oxidation sites excluding steroid dienone is 8. The van der Waals surface area contributed by atoms with Gasteiger partial charge < -0.3 is 0 Å². The van der Waals surface area contributed by atoms with Crippen LogP contribution in [0.25, 0.3) is 0 Å². The van der Waals surface area contributed by atoms with E-state index in [0.29, 0.717) is 11.4 Å². The van der Waals surface area contributed by atoms with Crippen molar-refractivity contribution in [3.05, 3.63) is 47.6 Å². The highest BCUT2D eigenvalue weighted by atomic mass is 14.5. The maximum absolute atomic E-state index is 8.01. The lowest BCUT2D eigenvalue weighted by molar-refractivity contribution is 1.03. The van der Waals surface area contributed by atoms with Crippen molar-refractivity contribution in [1.82, 2.24) is 0 Å². The molecule has 2 aliphatic carbocycles. The lowest BCUT2D eigenvalue weighted by Crippen LogP contribution is -2.16. The van der Waals surface area contributed by atoms with Crippen molar-refractivity contribution in [3.63, 3.8) is 0 Å². The van der Waals surface area contributed by atoms with Gasteiger partial charge in [-0.25, -0.2) is 0 Å². The van der Waals surface area contributed by atoms with Crippen LogP contribution < -0.4 is 0 Å². The fourth-order valence-corrected chi connectivity index (χ4v) is 1.89. The molecule has 0 aromatic heterocycles. The highest BCUT2D eigenvalue weighted by molar-refractivity contribution is 6.52.